The highest BCUT2D eigenvalue weighted by molar-refractivity contribution is 5.81. The molecule has 30 heavy (non-hydrogen) atoms. The van der Waals surface area contributed by atoms with E-state index in [4.69, 9.17) is 14.6 Å². The summed E-state index contributed by atoms with van der Waals surface area (Å²) in [7, 11) is 3.48. The van der Waals surface area contributed by atoms with Crippen molar-refractivity contribution in [2.45, 2.75) is 13.3 Å². The SMILES string of the molecule is CCc1cccc(Nc2nc3cc(Oc4ccnc(C=NOC)c4)ccc3n2C)c1. The van der Waals surface area contributed by atoms with Crippen molar-refractivity contribution < 1.29 is 9.57 Å². The zero-order valence-corrected chi connectivity index (χ0v) is 17.2. The summed E-state index contributed by atoms with van der Waals surface area (Å²) in [6.07, 6.45) is 4.19. The summed E-state index contributed by atoms with van der Waals surface area (Å²) in [6, 6.07) is 17.8. The number of nitrogens with one attached hydrogen (secondary N) is 1. The molecule has 0 aliphatic heterocycles. The molecular formula is C23H23N5O2. The topological polar surface area (TPSA) is 73.6 Å². The average molecular weight is 401 g/mol. The third-order valence-electron chi connectivity index (χ3n) is 4.72. The molecule has 0 saturated heterocycles. The number of pyridine rings is 1. The van der Waals surface area contributed by atoms with Crippen LogP contribution in [0.5, 0.6) is 11.5 Å². The van der Waals surface area contributed by atoms with Crippen molar-refractivity contribution >= 4 is 28.9 Å². The number of oxime groups is 1. The highest BCUT2D eigenvalue weighted by Crippen LogP contribution is 2.28. The van der Waals surface area contributed by atoms with Crippen LogP contribution < -0.4 is 10.1 Å². The zero-order chi connectivity index (χ0) is 20.9. The van der Waals surface area contributed by atoms with Gasteiger partial charge in [-0.15, -0.1) is 0 Å². The van der Waals surface area contributed by atoms with E-state index in [2.05, 4.69) is 40.6 Å². The monoisotopic (exact) mass is 401 g/mol. The van der Waals surface area contributed by atoms with E-state index >= 15 is 0 Å². The fourth-order valence-electron chi connectivity index (χ4n) is 3.16. The van der Waals surface area contributed by atoms with Crippen molar-refractivity contribution in [2.75, 3.05) is 12.4 Å². The molecular weight excluding hydrogens is 378 g/mol. The molecule has 2 aromatic heterocycles. The second-order valence-electron chi connectivity index (χ2n) is 6.76. The van der Waals surface area contributed by atoms with Gasteiger partial charge in [-0.2, -0.15) is 0 Å². The fourth-order valence-corrected chi connectivity index (χ4v) is 3.16. The van der Waals surface area contributed by atoms with E-state index in [1.807, 2.05) is 35.9 Å². The van der Waals surface area contributed by atoms with Gasteiger partial charge in [0.1, 0.15) is 18.6 Å². The summed E-state index contributed by atoms with van der Waals surface area (Å²) in [6.45, 7) is 2.14. The summed E-state index contributed by atoms with van der Waals surface area (Å²) in [5.74, 6) is 2.13. The highest BCUT2D eigenvalue weighted by Gasteiger charge is 2.10. The fraction of sp³-hybridized carbons (Fsp3) is 0.174. The lowest BCUT2D eigenvalue weighted by Gasteiger charge is -2.07. The third kappa shape index (κ3) is 4.25. The van der Waals surface area contributed by atoms with Crippen LogP contribution in [0.15, 0.2) is 65.9 Å². The molecule has 0 aliphatic carbocycles. The maximum Gasteiger partial charge on any atom is 0.208 e. The van der Waals surface area contributed by atoms with Crippen molar-refractivity contribution in [3.05, 3.63) is 72.1 Å². The number of anilines is 2. The minimum absolute atomic E-state index is 0.647. The zero-order valence-electron chi connectivity index (χ0n) is 17.2. The minimum atomic E-state index is 0.647. The Morgan fingerprint density at radius 2 is 1.97 bits per heavy atom. The van der Waals surface area contributed by atoms with Gasteiger partial charge < -0.3 is 19.5 Å². The van der Waals surface area contributed by atoms with Crippen LogP contribution in [0.4, 0.5) is 11.6 Å². The van der Waals surface area contributed by atoms with Gasteiger partial charge in [-0.05, 0) is 42.3 Å². The Morgan fingerprint density at radius 3 is 2.80 bits per heavy atom. The number of aromatic nitrogens is 3. The van der Waals surface area contributed by atoms with Crippen molar-refractivity contribution in [1.82, 2.24) is 14.5 Å². The molecule has 4 aromatic rings. The van der Waals surface area contributed by atoms with Crippen molar-refractivity contribution in [1.29, 1.82) is 0 Å². The standard InChI is InChI=1S/C23H23N5O2/c1-4-16-6-5-7-17(12-16)26-23-27-21-14-19(8-9-22(21)28(23)2)30-20-10-11-24-18(13-20)15-25-29-3/h5-15H,4H2,1-3H3,(H,26,27). The molecule has 152 valence electrons. The van der Waals surface area contributed by atoms with Crippen LogP contribution in [0, 0.1) is 0 Å². The van der Waals surface area contributed by atoms with Gasteiger partial charge in [0.05, 0.1) is 22.9 Å². The molecule has 2 heterocycles. The first-order chi connectivity index (χ1) is 14.7. The molecule has 2 aromatic carbocycles. The predicted octanol–water partition coefficient (Wildman–Crippen LogP) is 5.05. The Labute approximate surface area is 175 Å². The molecule has 0 spiro atoms. The van der Waals surface area contributed by atoms with E-state index < -0.39 is 0 Å². The second-order valence-corrected chi connectivity index (χ2v) is 6.76. The summed E-state index contributed by atoms with van der Waals surface area (Å²) in [5, 5.41) is 7.13. The lowest BCUT2D eigenvalue weighted by Crippen LogP contribution is -1.99. The molecule has 0 fully saturated rings. The number of ether oxygens (including phenoxy) is 1. The van der Waals surface area contributed by atoms with E-state index in [0.717, 1.165) is 29.1 Å². The van der Waals surface area contributed by atoms with Gasteiger partial charge in [0.15, 0.2) is 0 Å². The number of fused-ring (bicyclic) bond motifs is 1. The average Bonchev–Trinajstić information content (AvgIpc) is 3.07. The number of hydrogen-bond donors (Lipinski definition) is 1. The molecule has 7 heteroatoms. The summed E-state index contributed by atoms with van der Waals surface area (Å²) in [5.41, 5.74) is 4.81. The Balaban J connectivity index is 1.58. The molecule has 0 radical (unpaired) electrons. The molecule has 0 aliphatic rings. The summed E-state index contributed by atoms with van der Waals surface area (Å²) in [4.78, 5) is 13.6. The molecule has 0 bridgehead atoms. The van der Waals surface area contributed by atoms with Crippen molar-refractivity contribution in [3.63, 3.8) is 0 Å². The molecule has 0 unspecified atom stereocenters. The molecule has 0 amide bonds. The molecule has 1 N–H and O–H groups in total. The molecule has 4 rings (SSSR count). The van der Waals surface area contributed by atoms with E-state index in [9.17, 15) is 0 Å². The Kier molecular flexibility index (Phi) is 5.61. The number of hydrogen-bond acceptors (Lipinski definition) is 6. The largest absolute Gasteiger partial charge is 0.457 e. The normalized spacial score (nSPS) is 11.2. The summed E-state index contributed by atoms with van der Waals surface area (Å²) >= 11 is 0. The van der Waals surface area contributed by atoms with Crippen LogP contribution in [-0.4, -0.2) is 27.9 Å². The molecule has 7 nitrogen and oxygen atoms in total. The van der Waals surface area contributed by atoms with E-state index in [-0.39, 0.29) is 0 Å². The van der Waals surface area contributed by atoms with E-state index in [1.165, 1.54) is 18.9 Å². The van der Waals surface area contributed by atoms with Gasteiger partial charge in [0.2, 0.25) is 5.95 Å². The quantitative estimate of drug-likeness (QED) is 0.347. The first-order valence-corrected chi connectivity index (χ1v) is 9.69. The number of nitrogens with zero attached hydrogens (tertiary/aromatic N) is 4. The van der Waals surface area contributed by atoms with E-state index in [0.29, 0.717) is 17.2 Å². The molecule has 0 atom stereocenters. The van der Waals surface area contributed by atoms with Gasteiger partial charge in [0, 0.05) is 31.1 Å². The minimum Gasteiger partial charge on any atom is -0.457 e. The first-order valence-electron chi connectivity index (χ1n) is 9.69. The smallest absolute Gasteiger partial charge is 0.208 e. The number of aryl methyl sites for hydroxylation is 2. The Hall–Kier alpha value is -3.87. The van der Waals surface area contributed by atoms with Gasteiger partial charge in [0.25, 0.3) is 0 Å². The lowest BCUT2D eigenvalue weighted by atomic mass is 10.1. The lowest BCUT2D eigenvalue weighted by molar-refractivity contribution is 0.215. The van der Waals surface area contributed by atoms with Gasteiger partial charge in [-0.1, -0.05) is 24.2 Å². The van der Waals surface area contributed by atoms with Gasteiger partial charge >= 0.3 is 0 Å². The first kappa shape index (κ1) is 19.4. The maximum absolute atomic E-state index is 5.99. The van der Waals surface area contributed by atoms with Gasteiger partial charge in [-0.25, -0.2) is 4.98 Å². The van der Waals surface area contributed by atoms with Crippen molar-refractivity contribution in [3.8, 4) is 11.5 Å². The third-order valence-corrected chi connectivity index (χ3v) is 4.72. The number of rotatable bonds is 7. The van der Waals surface area contributed by atoms with Crippen LogP contribution in [-0.2, 0) is 18.3 Å². The number of imidazole rings is 1. The van der Waals surface area contributed by atoms with Crippen LogP contribution in [0.3, 0.4) is 0 Å². The summed E-state index contributed by atoms with van der Waals surface area (Å²) < 4.78 is 8.02. The molecule has 0 saturated carbocycles. The highest BCUT2D eigenvalue weighted by atomic mass is 16.6. The van der Waals surface area contributed by atoms with Crippen LogP contribution in [0.1, 0.15) is 18.2 Å². The predicted molar refractivity (Wildman–Crippen MR) is 119 cm³/mol. The Bertz CT molecular complexity index is 1200. The van der Waals surface area contributed by atoms with Crippen LogP contribution >= 0.6 is 0 Å². The van der Waals surface area contributed by atoms with Crippen LogP contribution in [0.2, 0.25) is 0 Å². The van der Waals surface area contributed by atoms with E-state index in [1.54, 1.807) is 18.3 Å². The number of benzene rings is 2. The van der Waals surface area contributed by atoms with Gasteiger partial charge in [-0.3, -0.25) is 4.98 Å². The van der Waals surface area contributed by atoms with Crippen molar-refractivity contribution in [2.24, 2.45) is 12.2 Å². The van der Waals surface area contributed by atoms with Crippen LogP contribution in [0.25, 0.3) is 11.0 Å². The Morgan fingerprint density at radius 1 is 1.10 bits per heavy atom. The second kappa shape index (κ2) is 8.65. The maximum atomic E-state index is 5.99.